The maximum Gasteiger partial charge on any atom is -0.0240 e. The van der Waals surface area contributed by atoms with Crippen LogP contribution in [0.15, 0.2) is 0 Å². The first kappa shape index (κ1) is 50.0. The fourth-order valence-corrected chi connectivity index (χ4v) is 10.8. The third-order valence-corrected chi connectivity index (χ3v) is 13.5. The molecule has 0 spiro atoms. The van der Waals surface area contributed by atoms with Crippen LogP contribution in [0.4, 0.5) is 0 Å². The van der Waals surface area contributed by atoms with E-state index in [-0.39, 0.29) is 0 Å². The highest BCUT2D eigenvalue weighted by atomic mass is 14.5. The molecule has 0 bridgehead atoms. The Kier molecular flexibility index (Phi) is 31.4. The molecule has 0 N–H and O–H groups in total. The summed E-state index contributed by atoms with van der Waals surface area (Å²) in [4.78, 5) is 0. The van der Waals surface area contributed by atoms with Crippen LogP contribution in [0.2, 0.25) is 0 Å². The molecule has 0 rings (SSSR count). The zero-order valence-electron chi connectivity index (χ0n) is 37.7. The van der Waals surface area contributed by atoms with E-state index in [9.17, 15) is 0 Å². The molecule has 0 amide bonds. The standard InChI is InChI=1S/C50H102/c1-13-21-25-28-37-49(11,12)42-48(41-46(31-19-7)33-27-23-15-3)50(36-20-8,38-35-44(10)39-43(9)29-17-5)47(34-24-16-4)40-45(30-18-6)32-26-22-14-2/h43-48H,13-42H2,1-12H3. The summed E-state index contributed by atoms with van der Waals surface area (Å²) >= 11 is 0. The van der Waals surface area contributed by atoms with Gasteiger partial charge < -0.3 is 0 Å². The number of hydrogen-bond acceptors (Lipinski definition) is 0. The van der Waals surface area contributed by atoms with Crippen LogP contribution in [0.3, 0.4) is 0 Å². The Morgan fingerprint density at radius 1 is 0.360 bits per heavy atom. The lowest BCUT2D eigenvalue weighted by atomic mass is 9.53. The van der Waals surface area contributed by atoms with Crippen molar-refractivity contribution < 1.29 is 0 Å². The Bertz CT molecular complexity index is 705. The minimum absolute atomic E-state index is 0.443. The maximum atomic E-state index is 2.70. The van der Waals surface area contributed by atoms with Crippen LogP contribution >= 0.6 is 0 Å². The van der Waals surface area contributed by atoms with E-state index in [1.807, 2.05) is 0 Å². The highest BCUT2D eigenvalue weighted by molar-refractivity contribution is 4.96. The van der Waals surface area contributed by atoms with Crippen molar-refractivity contribution >= 4 is 0 Å². The highest BCUT2D eigenvalue weighted by Gasteiger charge is 2.46. The molecule has 0 radical (unpaired) electrons. The SMILES string of the molecule is CCCCCCC(C)(C)CC(CC(CCC)CCCCC)C(CCC)(CCC(C)CC(C)CCC)C(CCCC)CC(CCC)CCCCC. The summed E-state index contributed by atoms with van der Waals surface area (Å²) in [7, 11) is 0. The Hall–Kier alpha value is 0. The smallest absolute Gasteiger partial charge is 0.0240 e. The lowest BCUT2D eigenvalue weighted by molar-refractivity contribution is -0.0197. The minimum atomic E-state index is 0.443. The van der Waals surface area contributed by atoms with Crippen LogP contribution in [-0.2, 0) is 0 Å². The first-order valence-corrected chi connectivity index (χ1v) is 24.0. The fraction of sp³-hybridized carbons (Fsp3) is 1.00. The van der Waals surface area contributed by atoms with Crippen molar-refractivity contribution in [3.05, 3.63) is 0 Å². The second-order valence-corrected chi connectivity index (χ2v) is 19.2. The molecule has 0 saturated heterocycles. The van der Waals surface area contributed by atoms with Gasteiger partial charge in [0.15, 0.2) is 0 Å². The van der Waals surface area contributed by atoms with Crippen molar-refractivity contribution in [3.8, 4) is 0 Å². The Balaban J connectivity index is 7.23. The third kappa shape index (κ3) is 22.3. The maximum absolute atomic E-state index is 2.70. The molecule has 0 aromatic heterocycles. The van der Waals surface area contributed by atoms with Gasteiger partial charge >= 0.3 is 0 Å². The van der Waals surface area contributed by atoms with Gasteiger partial charge in [-0.05, 0) is 97.7 Å². The number of unbranched alkanes of at least 4 members (excludes halogenated alkanes) is 8. The molecular formula is C50H102. The summed E-state index contributed by atoms with van der Waals surface area (Å²) in [5, 5.41) is 0. The topological polar surface area (TPSA) is 0 Å². The van der Waals surface area contributed by atoms with Gasteiger partial charge in [0.25, 0.3) is 0 Å². The third-order valence-electron chi connectivity index (χ3n) is 13.5. The molecule has 0 aliphatic rings. The summed E-state index contributed by atoms with van der Waals surface area (Å²) in [6.45, 7) is 30.2. The van der Waals surface area contributed by atoms with E-state index in [2.05, 4.69) is 83.1 Å². The van der Waals surface area contributed by atoms with E-state index < -0.39 is 0 Å². The second kappa shape index (κ2) is 31.4. The van der Waals surface area contributed by atoms with Gasteiger partial charge in [0.1, 0.15) is 0 Å². The van der Waals surface area contributed by atoms with Gasteiger partial charge in [0, 0.05) is 0 Å². The molecule has 0 aromatic rings. The number of hydrogen-bond donors (Lipinski definition) is 0. The molecule has 0 fully saturated rings. The van der Waals surface area contributed by atoms with Gasteiger partial charge in [0.05, 0.1) is 0 Å². The first-order chi connectivity index (χ1) is 24.0. The monoisotopic (exact) mass is 703 g/mol. The van der Waals surface area contributed by atoms with Crippen molar-refractivity contribution in [1.29, 1.82) is 0 Å². The lowest BCUT2D eigenvalue weighted by Gasteiger charge is -2.52. The van der Waals surface area contributed by atoms with Crippen molar-refractivity contribution in [3.63, 3.8) is 0 Å². The molecule has 7 atom stereocenters. The Morgan fingerprint density at radius 3 is 1.36 bits per heavy atom. The molecule has 0 saturated carbocycles. The molecule has 7 unspecified atom stereocenters. The van der Waals surface area contributed by atoms with E-state index >= 15 is 0 Å². The fourth-order valence-electron chi connectivity index (χ4n) is 10.8. The number of rotatable bonds is 37. The molecule has 0 aliphatic carbocycles. The molecule has 0 heteroatoms. The summed E-state index contributed by atoms with van der Waals surface area (Å²) in [6.07, 6.45) is 43.0. The van der Waals surface area contributed by atoms with E-state index in [1.165, 1.54) is 193 Å². The van der Waals surface area contributed by atoms with Crippen molar-refractivity contribution in [2.24, 2.45) is 46.3 Å². The van der Waals surface area contributed by atoms with Crippen molar-refractivity contribution in [2.45, 2.75) is 276 Å². The molecule has 0 aromatic carbocycles. The minimum Gasteiger partial charge on any atom is -0.0654 e. The average Bonchev–Trinajstić information content (AvgIpc) is 3.07. The summed E-state index contributed by atoms with van der Waals surface area (Å²) in [6, 6.07) is 0. The van der Waals surface area contributed by atoms with Gasteiger partial charge in [-0.1, -0.05) is 224 Å². The van der Waals surface area contributed by atoms with E-state index in [0.717, 1.165) is 35.5 Å². The van der Waals surface area contributed by atoms with Gasteiger partial charge in [0.2, 0.25) is 0 Å². The van der Waals surface area contributed by atoms with Gasteiger partial charge in [-0.2, -0.15) is 0 Å². The van der Waals surface area contributed by atoms with Crippen LogP contribution in [0, 0.1) is 46.3 Å². The van der Waals surface area contributed by atoms with Crippen molar-refractivity contribution in [1.82, 2.24) is 0 Å². The predicted octanol–water partition coefficient (Wildman–Crippen LogP) is 18.6. The lowest BCUT2D eigenvalue weighted by Crippen LogP contribution is -2.42. The van der Waals surface area contributed by atoms with Crippen LogP contribution in [0.5, 0.6) is 0 Å². The van der Waals surface area contributed by atoms with Crippen LogP contribution in [0.1, 0.15) is 276 Å². The van der Waals surface area contributed by atoms with Crippen LogP contribution < -0.4 is 0 Å². The largest absolute Gasteiger partial charge is 0.0654 e. The quantitative estimate of drug-likeness (QED) is 0.0565. The Morgan fingerprint density at radius 2 is 0.860 bits per heavy atom. The molecule has 0 aliphatic heterocycles. The van der Waals surface area contributed by atoms with E-state index in [4.69, 9.17) is 0 Å². The highest BCUT2D eigenvalue weighted by Crippen LogP contribution is 2.56. The van der Waals surface area contributed by atoms with Crippen LogP contribution in [0.25, 0.3) is 0 Å². The Labute approximate surface area is 321 Å². The molecule has 50 heavy (non-hydrogen) atoms. The predicted molar refractivity (Wildman–Crippen MR) is 232 cm³/mol. The molecule has 0 heterocycles. The molecule has 0 nitrogen and oxygen atoms in total. The van der Waals surface area contributed by atoms with E-state index in [1.54, 1.807) is 0 Å². The molecule has 302 valence electrons. The summed E-state index contributed by atoms with van der Waals surface area (Å²) < 4.78 is 0. The summed E-state index contributed by atoms with van der Waals surface area (Å²) in [5.41, 5.74) is 0.943. The second-order valence-electron chi connectivity index (χ2n) is 19.2. The normalized spacial score (nSPS) is 17.3. The van der Waals surface area contributed by atoms with E-state index in [0.29, 0.717) is 10.8 Å². The van der Waals surface area contributed by atoms with Crippen molar-refractivity contribution in [2.75, 3.05) is 0 Å². The zero-order chi connectivity index (χ0) is 37.7. The van der Waals surface area contributed by atoms with Gasteiger partial charge in [-0.3, -0.25) is 0 Å². The molecular weight excluding hydrogens is 601 g/mol. The zero-order valence-corrected chi connectivity index (χ0v) is 37.7. The van der Waals surface area contributed by atoms with Crippen LogP contribution in [-0.4, -0.2) is 0 Å². The summed E-state index contributed by atoms with van der Waals surface area (Å²) in [5.74, 6) is 5.37. The van der Waals surface area contributed by atoms with Gasteiger partial charge in [-0.15, -0.1) is 0 Å². The van der Waals surface area contributed by atoms with Gasteiger partial charge in [-0.25, -0.2) is 0 Å². The first-order valence-electron chi connectivity index (χ1n) is 24.0. The average molecular weight is 703 g/mol.